The lowest BCUT2D eigenvalue weighted by Gasteiger charge is -2.12. The molecule has 0 saturated carbocycles. The molecule has 150 valence electrons. The first-order valence-corrected chi connectivity index (χ1v) is 10.6. The fourth-order valence-electron chi connectivity index (χ4n) is 3.27. The lowest BCUT2D eigenvalue weighted by atomic mass is 10.2. The van der Waals surface area contributed by atoms with Crippen LogP contribution in [0.4, 0.5) is 11.4 Å². The molecule has 0 amide bonds. The number of rotatable bonds is 4. The number of hydrogen-bond donors (Lipinski definition) is 0. The second-order valence-corrected chi connectivity index (χ2v) is 8.47. The fraction of sp³-hybridized carbons (Fsp3) is 0.125. The van der Waals surface area contributed by atoms with Gasteiger partial charge < -0.3 is 4.90 Å². The Balaban J connectivity index is 1.63. The molecule has 30 heavy (non-hydrogen) atoms. The molecular formula is C24H21IN4O. The van der Waals surface area contributed by atoms with Crippen LogP contribution in [0.1, 0.15) is 11.4 Å². The predicted octanol–water partition coefficient (Wildman–Crippen LogP) is 5.12. The number of aromatic nitrogens is 2. The smallest absolute Gasteiger partial charge is 0.265 e. The molecule has 3 aromatic carbocycles. The molecule has 0 fully saturated rings. The summed E-state index contributed by atoms with van der Waals surface area (Å²) in [6.45, 7) is 1.85. The average Bonchev–Trinajstić information content (AvgIpc) is 2.74. The Morgan fingerprint density at radius 1 is 1.00 bits per heavy atom. The second-order valence-electron chi connectivity index (χ2n) is 7.22. The maximum absolute atomic E-state index is 13.1. The molecule has 0 spiro atoms. The molecule has 0 aliphatic carbocycles. The summed E-state index contributed by atoms with van der Waals surface area (Å²) in [6, 6.07) is 21.5. The van der Waals surface area contributed by atoms with Crippen LogP contribution in [-0.4, -0.2) is 29.9 Å². The first-order chi connectivity index (χ1) is 14.4. The minimum Gasteiger partial charge on any atom is -0.378 e. The molecule has 6 heteroatoms. The summed E-state index contributed by atoms with van der Waals surface area (Å²) in [5.41, 5.74) is 4.44. The zero-order chi connectivity index (χ0) is 21.3. The van der Waals surface area contributed by atoms with Gasteiger partial charge in [-0.25, -0.2) is 4.98 Å². The minimum atomic E-state index is -0.0618. The molecule has 0 radical (unpaired) electrons. The van der Waals surface area contributed by atoms with E-state index in [2.05, 4.69) is 49.6 Å². The van der Waals surface area contributed by atoms with Gasteiger partial charge in [-0.2, -0.15) is 0 Å². The normalized spacial score (nSPS) is 11.3. The van der Waals surface area contributed by atoms with E-state index < -0.39 is 0 Å². The summed E-state index contributed by atoms with van der Waals surface area (Å²) in [7, 11) is 4.03. The van der Waals surface area contributed by atoms with E-state index in [9.17, 15) is 4.79 Å². The molecule has 5 nitrogen and oxygen atoms in total. The Morgan fingerprint density at radius 2 is 1.70 bits per heavy atom. The van der Waals surface area contributed by atoms with E-state index in [1.54, 1.807) is 4.57 Å². The van der Waals surface area contributed by atoms with Gasteiger partial charge in [-0.15, -0.1) is 0 Å². The van der Waals surface area contributed by atoms with Crippen LogP contribution >= 0.6 is 22.6 Å². The van der Waals surface area contributed by atoms with Crippen molar-refractivity contribution in [3.63, 3.8) is 0 Å². The van der Waals surface area contributed by atoms with Crippen LogP contribution < -0.4 is 10.5 Å². The second kappa shape index (κ2) is 8.39. The van der Waals surface area contributed by atoms with Gasteiger partial charge in [-0.3, -0.25) is 14.4 Å². The zero-order valence-corrected chi connectivity index (χ0v) is 19.2. The van der Waals surface area contributed by atoms with Crippen LogP contribution in [0, 0.1) is 10.5 Å². The van der Waals surface area contributed by atoms with Crippen LogP contribution in [0.5, 0.6) is 0 Å². The largest absolute Gasteiger partial charge is 0.378 e. The highest BCUT2D eigenvalue weighted by Crippen LogP contribution is 2.19. The third-order valence-electron chi connectivity index (χ3n) is 4.88. The van der Waals surface area contributed by atoms with Crippen molar-refractivity contribution >= 4 is 51.1 Å². The van der Waals surface area contributed by atoms with Gasteiger partial charge in [0.1, 0.15) is 5.82 Å². The Kier molecular flexibility index (Phi) is 5.67. The topological polar surface area (TPSA) is 50.5 Å². The summed E-state index contributed by atoms with van der Waals surface area (Å²) in [5.74, 6) is 0.658. The molecular weight excluding hydrogens is 487 g/mol. The van der Waals surface area contributed by atoms with E-state index in [4.69, 9.17) is 0 Å². The van der Waals surface area contributed by atoms with Gasteiger partial charge in [0.2, 0.25) is 0 Å². The van der Waals surface area contributed by atoms with Crippen LogP contribution in [0.2, 0.25) is 0 Å². The maximum Gasteiger partial charge on any atom is 0.265 e. The molecule has 0 atom stereocenters. The van der Waals surface area contributed by atoms with Crippen molar-refractivity contribution in [2.45, 2.75) is 6.92 Å². The van der Waals surface area contributed by atoms with Crippen molar-refractivity contribution in [1.82, 2.24) is 9.55 Å². The number of aryl methyl sites for hydroxylation is 1. The lowest BCUT2D eigenvalue weighted by Crippen LogP contribution is -2.22. The number of nitrogens with zero attached hydrogens (tertiary/aromatic N) is 4. The molecule has 0 unspecified atom stereocenters. The molecule has 0 saturated heterocycles. The number of fused-ring (bicyclic) bond motifs is 1. The molecule has 0 aliphatic heterocycles. The number of halogens is 1. The van der Waals surface area contributed by atoms with Crippen molar-refractivity contribution in [2.24, 2.45) is 4.99 Å². The average molecular weight is 508 g/mol. The van der Waals surface area contributed by atoms with Crippen LogP contribution in [0.25, 0.3) is 16.6 Å². The number of anilines is 1. The zero-order valence-electron chi connectivity index (χ0n) is 17.0. The van der Waals surface area contributed by atoms with E-state index in [0.29, 0.717) is 11.2 Å². The van der Waals surface area contributed by atoms with Crippen LogP contribution in [0.3, 0.4) is 0 Å². The van der Waals surface area contributed by atoms with E-state index in [-0.39, 0.29) is 5.56 Å². The quantitative estimate of drug-likeness (QED) is 0.284. The Morgan fingerprint density at radius 3 is 2.37 bits per heavy atom. The highest BCUT2D eigenvalue weighted by atomic mass is 127. The summed E-state index contributed by atoms with van der Waals surface area (Å²) >= 11 is 2.21. The SMILES string of the molecule is Cc1nc2ccc(I)cc2c(=O)n1-c1ccc(N=Cc2ccc(N(C)C)cc2)cc1. The Bertz CT molecular complexity index is 1290. The first kappa shape index (κ1) is 20.3. The monoisotopic (exact) mass is 508 g/mol. The summed E-state index contributed by atoms with van der Waals surface area (Å²) in [5, 5.41) is 0.621. The van der Waals surface area contributed by atoms with Gasteiger partial charge >= 0.3 is 0 Å². The molecule has 0 N–H and O–H groups in total. The molecule has 4 aromatic rings. The highest BCUT2D eigenvalue weighted by molar-refractivity contribution is 14.1. The maximum atomic E-state index is 13.1. The molecule has 0 bridgehead atoms. The van der Waals surface area contributed by atoms with Crippen molar-refractivity contribution in [1.29, 1.82) is 0 Å². The van der Waals surface area contributed by atoms with E-state index in [1.807, 2.05) is 81.8 Å². The van der Waals surface area contributed by atoms with Gasteiger partial charge in [-0.1, -0.05) is 12.1 Å². The van der Waals surface area contributed by atoms with Gasteiger partial charge in [0.15, 0.2) is 0 Å². The third-order valence-corrected chi connectivity index (χ3v) is 5.55. The number of benzene rings is 3. The third kappa shape index (κ3) is 4.14. The van der Waals surface area contributed by atoms with Crippen LogP contribution in [-0.2, 0) is 0 Å². The van der Waals surface area contributed by atoms with Crippen molar-refractivity contribution < 1.29 is 0 Å². The fourth-order valence-corrected chi connectivity index (χ4v) is 3.76. The summed E-state index contributed by atoms with van der Waals surface area (Å²) in [6.07, 6.45) is 1.84. The molecule has 0 aliphatic rings. The van der Waals surface area contributed by atoms with Crippen molar-refractivity contribution in [3.05, 3.63) is 92.0 Å². The van der Waals surface area contributed by atoms with Crippen molar-refractivity contribution in [2.75, 3.05) is 19.0 Å². The molecule has 4 rings (SSSR count). The number of aliphatic imine (C=N–C) groups is 1. The Labute approximate surface area is 188 Å². The van der Waals surface area contributed by atoms with Gasteiger partial charge in [0, 0.05) is 29.6 Å². The van der Waals surface area contributed by atoms with Gasteiger partial charge in [-0.05, 0) is 89.7 Å². The van der Waals surface area contributed by atoms with Crippen molar-refractivity contribution in [3.8, 4) is 5.69 Å². The van der Waals surface area contributed by atoms with E-state index in [0.717, 1.165) is 31.7 Å². The summed E-state index contributed by atoms with van der Waals surface area (Å²) in [4.78, 5) is 24.3. The molecule has 1 aromatic heterocycles. The van der Waals surface area contributed by atoms with E-state index >= 15 is 0 Å². The van der Waals surface area contributed by atoms with Crippen LogP contribution in [0.15, 0.2) is 76.5 Å². The lowest BCUT2D eigenvalue weighted by molar-refractivity contribution is 0.895. The highest BCUT2D eigenvalue weighted by Gasteiger charge is 2.10. The predicted molar refractivity (Wildman–Crippen MR) is 133 cm³/mol. The Hall–Kier alpha value is -3.00. The standard InChI is InChI=1S/C24H21IN4O/c1-16-27-23-13-6-18(25)14-22(23)24(30)29(16)21-11-7-19(8-12-21)26-15-17-4-9-20(10-5-17)28(2)3/h4-15H,1-3H3. The molecule has 1 heterocycles. The van der Waals surface area contributed by atoms with Gasteiger partial charge in [0.05, 0.1) is 22.3 Å². The summed E-state index contributed by atoms with van der Waals surface area (Å²) < 4.78 is 2.66. The number of hydrogen-bond acceptors (Lipinski definition) is 4. The minimum absolute atomic E-state index is 0.0618. The van der Waals surface area contributed by atoms with Gasteiger partial charge in [0.25, 0.3) is 5.56 Å². The first-order valence-electron chi connectivity index (χ1n) is 9.53. The van der Waals surface area contributed by atoms with E-state index in [1.165, 1.54) is 0 Å².